The van der Waals surface area contributed by atoms with Gasteiger partial charge in [-0.1, -0.05) is 81.1 Å². The van der Waals surface area contributed by atoms with Crippen LogP contribution in [0.2, 0.25) is 0 Å². The number of ether oxygens (including phenoxy) is 1. The molecule has 0 saturated heterocycles. The Labute approximate surface area is 151 Å². The van der Waals surface area contributed by atoms with Gasteiger partial charge in [-0.2, -0.15) is 0 Å². The Morgan fingerprint density at radius 1 is 1.16 bits per heavy atom. The smallest absolute Gasteiger partial charge is 0.139 e. The van der Waals surface area contributed by atoms with E-state index in [4.69, 9.17) is 4.74 Å². The third-order valence-corrected chi connectivity index (χ3v) is 5.25. The predicted molar refractivity (Wildman–Crippen MR) is 106 cm³/mol. The molecule has 1 heterocycles. The monoisotopic (exact) mass is 333 g/mol. The molecule has 0 aromatic heterocycles. The average Bonchev–Trinajstić information content (AvgIpc) is 2.62. The highest BCUT2D eigenvalue weighted by Crippen LogP contribution is 2.33. The van der Waals surface area contributed by atoms with Gasteiger partial charge in [0.2, 0.25) is 0 Å². The molecule has 2 aliphatic rings. The van der Waals surface area contributed by atoms with Crippen molar-refractivity contribution in [2.75, 3.05) is 6.61 Å². The van der Waals surface area contributed by atoms with Crippen molar-refractivity contribution in [3.8, 4) is 0 Å². The summed E-state index contributed by atoms with van der Waals surface area (Å²) in [7, 11) is 0. The molecular weight excluding hydrogens is 306 g/mol. The van der Waals surface area contributed by atoms with E-state index in [1.165, 1.54) is 0 Å². The molecule has 1 aliphatic carbocycles. The summed E-state index contributed by atoms with van der Waals surface area (Å²) >= 11 is 0. The van der Waals surface area contributed by atoms with Crippen LogP contribution in [-0.2, 0) is 4.74 Å². The minimum absolute atomic E-state index is 0.134. The van der Waals surface area contributed by atoms with Crippen LogP contribution in [0.4, 0.5) is 0 Å². The molecule has 1 aromatic carbocycles. The summed E-state index contributed by atoms with van der Waals surface area (Å²) in [6, 6.07) is 10.3. The molecule has 3 unspecified atom stereocenters. The summed E-state index contributed by atoms with van der Waals surface area (Å²) in [5, 5.41) is 3.75. The van der Waals surface area contributed by atoms with Gasteiger partial charge in [0, 0.05) is 11.8 Å². The second-order valence-electron chi connectivity index (χ2n) is 7.13. The third kappa shape index (κ3) is 3.79. The van der Waals surface area contributed by atoms with Crippen LogP contribution in [0.15, 0.2) is 84.3 Å². The molecule has 1 N–H and O–H groups in total. The molecule has 0 spiro atoms. The van der Waals surface area contributed by atoms with Gasteiger partial charge in [0.05, 0.1) is 11.2 Å². The highest BCUT2D eigenvalue weighted by Gasteiger charge is 2.33. The quantitative estimate of drug-likeness (QED) is 0.760. The van der Waals surface area contributed by atoms with Crippen molar-refractivity contribution in [2.24, 2.45) is 11.8 Å². The van der Waals surface area contributed by atoms with Crippen molar-refractivity contribution in [2.45, 2.75) is 26.3 Å². The van der Waals surface area contributed by atoms with Gasteiger partial charge in [0.15, 0.2) is 0 Å². The lowest BCUT2D eigenvalue weighted by molar-refractivity contribution is 0.210. The Morgan fingerprint density at radius 2 is 1.92 bits per heavy atom. The standard InChI is InChI=1S/C23H27NO/c1-17-16-25-21(14-13-20-11-6-5-7-12-20)22(19(17)3)24-23(4)15-9-8-10-18(23)2/h5-15,18-19,24H,1,16H2,2-4H3. The van der Waals surface area contributed by atoms with Crippen molar-refractivity contribution in [3.05, 3.63) is 89.9 Å². The van der Waals surface area contributed by atoms with Crippen LogP contribution in [0.3, 0.4) is 0 Å². The Bertz CT molecular complexity index is 754. The molecule has 130 valence electrons. The third-order valence-electron chi connectivity index (χ3n) is 5.25. The van der Waals surface area contributed by atoms with Gasteiger partial charge in [-0.05, 0) is 24.1 Å². The van der Waals surface area contributed by atoms with Gasteiger partial charge in [0.1, 0.15) is 12.4 Å². The molecule has 1 aromatic rings. The lowest BCUT2D eigenvalue weighted by atomic mass is 9.82. The minimum Gasteiger partial charge on any atom is -0.487 e. The first-order valence-corrected chi connectivity index (χ1v) is 8.91. The summed E-state index contributed by atoms with van der Waals surface area (Å²) < 4.78 is 6.01. The zero-order chi connectivity index (χ0) is 17.9. The van der Waals surface area contributed by atoms with E-state index < -0.39 is 0 Å². The largest absolute Gasteiger partial charge is 0.487 e. The van der Waals surface area contributed by atoms with Crippen LogP contribution in [0.5, 0.6) is 0 Å². The second-order valence-corrected chi connectivity index (χ2v) is 7.13. The van der Waals surface area contributed by atoms with E-state index in [1.807, 2.05) is 18.2 Å². The summed E-state index contributed by atoms with van der Waals surface area (Å²) in [5.74, 6) is 1.54. The maximum atomic E-state index is 6.01. The van der Waals surface area contributed by atoms with Crippen molar-refractivity contribution < 1.29 is 4.74 Å². The molecule has 0 saturated carbocycles. The fourth-order valence-corrected chi connectivity index (χ4v) is 3.12. The second kappa shape index (κ2) is 7.18. The van der Waals surface area contributed by atoms with Gasteiger partial charge in [-0.15, -0.1) is 0 Å². The molecule has 25 heavy (non-hydrogen) atoms. The van der Waals surface area contributed by atoms with E-state index >= 15 is 0 Å². The molecule has 3 rings (SSSR count). The highest BCUT2D eigenvalue weighted by atomic mass is 16.5. The lowest BCUT2D eigenvalue weighted by Gasteiger charge is -2.39. The van der Waals surface area contributed by atoms with E-state index in [0.29, 0.717) is 12.5 Å². The van der Waals surface area contributed by atoms with E-state index in [1.54, 1.807) is 0 Å². The number of rotatable bonds is 4. The minimum atomic E-state index is -0.134. The highest BCUT2D eigenvalue weighted by molar-refractivity contribution is 5.53. The number of allylic oxidation sites excluding steroid dienone is 4. The van der Waals surface area contributed by atoms with Gasteiger partial charge in [-0.3, -0.25) is 0 Å². The number of hydrogen-bond donors (Lipinski definition) is 1. The van der Waals surface area contributed by atoms with E-state index in [0.717, 1.165) is 22.6 Å². The number of nitrogens with one attached hydrogen (secondary N) is 1. The summed E-state index contributed by atoms with van der Waals surface area (Å²) in [4.78, 5) is 0. The Balaban J connectivity index is 1.93. The van der Waals surface area contributed by atoms with Crippen LogP contribution >= 0.6 is 0 Å². The van der Waals surface area contributed by atoms with Crippen LogP contribution in [-0.4, -0.2) is 12.1 Å². The van der Waals surface area contributed by atoms with Crippen molar-refractivity contribution in [3.63, 3.8) is 0 Å². The first kappa shape index (κ1) is 17.3. The number of benzene rings is 1. The van der Waals surface area contributed by atoms with Gasteiger partial charge in [-0.25, -0.2) is 0 Å². The molecule has 1 aliphatic heterocycles. The van der Waals surface area contributed by atoms with E-state index in [9.17, 15) is 0 Å². The first-order chi connectivity index (χ1) is 12.0. The zero-order valence-corrected chi connectivity index (χ0v) is 15.3. The topological polar surface area (TPSA) is 21.3 Å². The Kier molecular flexibility index (Phi) is 4.98. The average molecular weight is 333 g/mol. The van der Waals surface area contributed by atoms with Crippen LogP contribution in [0.1, 0.15) is 26.3 Å². The van der Waals surface area contributed by atoms with Crippen molar-refractivity contribution in [1.29, 1.82) is 0 Å². The molecule has 2 heteroatoms. The van der Waals surface area contributed by atoms with Crippen LogP contribution < -0.4 is 5.32 Å². The predicted octanol–water partition coefficient (Wildman–Crippen LogP) is 5.24. The molecule has 0 fully saturated rings. The molecule has 0 amide bonds. The Morgan fingerprint density at radius 3 is 2.64 bits per heavy atom. The summed E-state index contributed by atoms with van der Waals surface area (Å²) in [6.45, 7) is 11.4. The Hall–Kier alpha value is -2.48. The molecule has 0 bridgehead atoms. The normalized spacial score (nSPS) is 29.2. The maximum absolute atomic E-state index is 6.01. The van der Waals surface area contributed by atoms with Crippen molar-refractivity contribution in [1.82, 2.24) is 5.32 Å². The summed E-state index contributed by atoms with van der Waals surface area (Å²) in [5.41, 5.74) is 3.24. The molecule has 2 nitrogen and oxygen atoms in total. The van der Waals surface area contributed by atoms with Crippen LogP contribution in [0, 0.1) is 11.8 Å². The van der Waals surface area contributed by atoms with Gasteiger partial charge >= 0.3 is 0 Å². The fraction of sp³-hybridized carbons (Fsp3) is 0.304. The zero-order valence-electron chi connectivity index (χ0n) is 15.3. The van der Waals surface area contributed by atoms with E-state index in [2.05, 4.69) is 81.3 Å². The lowest BCUT2D eigenvalue weighted by Crippen LogP contribution is -2.48. The SMILES string of the molecule is C=C1COC(C=Cc2ccccc2)=C(NC2(C)C=CC=CC2C)C1C. The first-order valence-electron chi connectivity index (χ1n) is 8.91. The molecule has 0 radical (unpaired) electrons. The van der Waals surface area contributed by atoms with Crippen LogP contribution in [0.25, 0.3) is 6.08 Å². The fourth-order valence-electron chi connectivity index (χ4n) is 3.12. The maximum Gasteiger partial charge on any atom is 0.139 e. The summed E-state index contributed by atoms with van der Waals surface area (Å²) in [6.07, 6.45) is 12.8. The number of hydrogen-bond acceptors (Lipinski definition) is 2. The molecular formula is C23H27NO. The van der Waals surface area contributed by atoms with Crippen molar-refractivity contribution >= 4 is 6.08 Å². The van der Waals surface area contributed by atoms with Gasteiger partial charge < -0.3 is 10.1 Å². The van der Waals surface area contributed by atoms with Gasteiger partial charge in [0.25, 0.3) is 0 Å². The molecule has 3 atom stereocenters. The van der Waals surface area contributed by atoms with E-state index in [-0.39, 0.29) is 11.5 Å².